The van der Waals surface area contributed by atoms with Crippen LogP contribution in [0.15, 0.2) is 37.2 Å². The third-order valence-corrected chi connectivity index (χ3v) is 5.13. The Bertz CT molecular complexity index is 712. The Morgan fingerprint density at radius 1 is 0.633 bits per heavy atom. The molecule has 0 amide bonds. The van der Waals surface area contributed by atoms with E-state index >= 15 is 0 Å². The predicted molar refractivity (Wildman–Crippen MR) is 123 cm³/mol. The summed E-state index contributed by atoms with van der Waals surface area (Å²) in [5.74, 6) is 3.43. The normalized spacial score (nSPS) is 10.7. The van der Waals surface area contributed by atoms with E-state index < -0.39 is 7.94 Å². The van der Waals surface area contributed by atoms with Crippen molar-refractivity contribution < 1.29 is 14.7 Å². The summed E-state index contributed by atoms with van der Waals surface area (Å²) in [5.41, 5.74) is 0. The molecule has 0 atom stereocenters. The summed E-state index contributed by atoms with van der Waals surface area (Å²) in [5, 5.41) is 0. The van der Waals surface area contributed by atoms with Crippen molar-refractivity contribution in [2.75, 3.05) is 6.16 Å². The van der Waals surface area contributed by atoms with Crippen molar-refractivity contribution in [1.29, 1.82) is 0 Å². The van der Waals surface area contributed by atoms with E-state index in [9.17, 15) is 0 Å². The third kappa shape index (κ3) is 11.8. The molecule has 0 spiro atoms. The van der Waals surface area contributed by atoms with E-state index in [2.05, 4.69) is 35.7 Å². The van der Waals surface area contributed by atoms with Gasteiger partial charge in [-0.1, -0.05) is 20.8 Å². The molecule has 3 heterocycles. The van der Waals surface area contributed by atoms with Crippen LogP contribution in [0.2, 0.25) is 0 Å². The van der Waals surface area contributed by atoms with E-state index in [1.165, 1.54) is 6.92 Å². The van der Waals surface area contributed by atoms with Gasteiger partial charge in [-0.25, -0.2) is 15.0 Å². The second kappa shape index (κ2) is 14.8. The van der Waals surface area contributed by atoms with Gasteiger partial charge >= 0.3 is 35.7 Å². The van der Waals surface area contributed by atoms with Gasteiger partial charge in [-0.2, -0.15) is 0 Å². The van der Waals surface area contributed by atoms with Crippen LogP contribution >= 0.6 is 7.94 Å². The summed E-state index contributed by atoms with van der Waals surface area (Å²) in [7, 11) is 2.39. The fourth-order valence-electron chi connectivity index (χ4n) is 2.21. The van der Waals surface area contributed by atoms with E-state index in [0.717, 1.165) is 36.7 Å². The quantitative estimate of drug-likeness (QED) is 0.535. The van der Waals surface area contributed by atoms with E-state index in [0.29, 0.717) is 0 Å². The zero-order valence-corrected chi connectivity index (χ0v) is 20.3. The maximum atomic E-state index is 8.08. The average Bonchev–Trinajstić information content (AvgIpc) is 3.43. The second-order valence-corrected chi connectivity index (χ2v) is 8.81. The topological polar surface area (TPSA) is 114 Å². The van der Waals surface area contributed by atoms with Crippen molar-refractivity contribution in [3.8, 4) is 0 Å². The van der Waals surface area contributed by atoms with Crippen molar-refractivity contribution >= 4 is 7.94 Å². The van der Waals surface area contributed by atoms with Gasteiger partial charge in [0.1, 0.15) is 17.5 Å². The molecule has 0 saturated carbocycles. The summed E-state index contributed by atoms with van der Waals surface area (Å²) < 4.78 is 6.08. The molecule has 0 unspecified atom stereocenters. The van der Waals surface area contributed by atoms with Crippen molar-refractivity contribution in [3.05, 3.63) is 54.7 Å². The van der Waals surface area contributed by atoms with Gasteiger partial charge in [0, 0.05) is 77.6 Å². The molecule has 0 aliphatic rings. The third-order valence-electron chi connectivity index (χ3n) is 4.19. The maximum Gasteiger partial charge on any atom is 0.108 e. The van der Waals surface area contributed by atoms with Crippen LogP contribution in [0.5, 0.6) is 0 Å². The van der Waals surface area contributed by atoms with E-state index in [4.69, 9.17) is 14.7 Å². The molecule has 0 saturated heterocycles. The van der Waals surface area contributed by atoms with Crippen LogP contribution in [0, 0.1) is 0 Å². The van der Waals surface area contributed by atoms with Crippen molar-refractivity contribution in [2.45, 2.75) is 47.0 Å². The van der Waals surface area contributed by atoms with Gasteiger partial charge in [-0.05, 0) is 0 Å². The largest absolute Gasteiger partial charge is 0.338 e. The van der Waals surface area contributed by atoms with Crippen LogP contribution in [-0.4, -0.2) is 49.5 Å². The van der Waals surface area contributed by atoms with Crippen molar-refractivity contribution in [2.24, 2.45) is 21.1 Å². The van der Waals surface area contributed by atoms with E-state index in [1.54, 1.807) is 0 Å². The van der Waals surface area contributed by atoms with Gasteiger partial charge in [0.2, 0.25) is 0 Å². The molecule has 0 aliphatic carbocycles. The standard InChI is InChI=1S/3C6H10N2.C2H9O3P/c3*1-3-6-7-4-5-8(6)2;1-2-6(3,4)5/h3*4-5H,3H2,1-2H3;3-6H,2H2,1H3. The first-order valence-electron chi connectivity index (χ1n) is 10.1. The SMILES string of the molecule is CC[PH](O)(O)O.CCc1nccn1C.CCc1nccn1C.CCc1nccn1C. The monoisotopic (exact) mass is 442 g/mol. The molecule has 0 bridgehead atoms. The minimum absolute atomic E-state index is 0.0764. The zero-order valence-electron chi connectivity index (χ0n) is 19.3. The fourth-order valence-corrected chi connectivity index (χ4v) is 2.21. The Balaban J connectivity index is 0.000000377. The second-order valence-electron chi connectivity index (χ2n) is 6.55. The first kappa shape index (κ1) is 27.9. The molecule has 172 valence electrons. The Morgan fingerprint density at radius 3 is 0.933 bits per heavy atom. The number of nitrogens with zero attached hydrogens (tertiary/aromatic N) is 6. The first-order valence-corrected chi connectivity index (χ1v) is 12.2. The molecule has 0 aliphatic heterocycles. The molecule has 3 aromatic heterocycles. The number of rotatable bonds is 4. The predicted octanol–water partition coefficient (Wildman–Crippen LogP) is 2.43. The van der Waals surface area contributed by atoms with Gasteiger partial charge in [0.15, 0.2) is 0 Å². The zero-order chi connectivity index (χ0) is 23.2. The van der Waals surface area contributed by atoms with Gasteiger partial charge in [0.25, 0.3) is 0 Å². The molecule has 0 aromatic carbocycles. The smallest absolute Gasteiger partial charge is 0.108 e. The van der Waals surface area contributed by atoms with Gasteiger partial charge in [-0.3, -0.25) is 0 Å². The summed E-state index contributed by atoms with van der Waals surface area (Å²) >= 11 is 0. The van der Waals surface area contributed by atoms with E-state index in [1.807, 2.05) is 72.0 Å². The Labute approximate surface area is 180 Å². The molecule has 9 nitrogen and oxygen atoms in total. The van der Waals surface area contributed by atoms with Crippen LogP contribution in [0.3, 0.4) is 0 Å². The minimum atomic E-state index is -3.63. The average molecular weight is 443 g/mol. The summed E-state index contributed by atoms with van der Waals surface area (Å²) in [6, 6.07) is 0. The van der Waals surface area contributed by atoms with Gasteiger partial charge in [0.05, 0.1) is 0 Å². The summed E-state index contributed by atoms with van der Waals surface area (Å²) in [4.78, 5) is 36.5. The maximum absolute atomic E-state index is 8.08. The van der Waals surface area contributed by atoms with Gasteiger partial charge in [-0.15, -0.1) is 0 Å². The van der Waals surface area contributed by atoms with Crippen molar-refractivity contribution in [1.82, 2.24) is 28.7 Å². The molecule has 3 N–H and O–H groups in total. The molecule has 30 heavy (non-hydrogen) atoms. The number of aromatic nitrogens is 6. The number of aryl methyl sites for hydroxylation is 6. The summed E-state index contributed by atoms with van der Waals surface area (Å²) in [6.45, 7) is 7.82. The Hall–Kier alpha value is -2.06. The molecular formula is C20H39N6O3P. The first-order chi connectivity index (χ1) is 14.1. The van der Waals surface area contributed by atoms with Gasteiger partial charge < -0.3 is 13.7 Å². The molecular weight excluding hydrogens is 403 g/mol. The number of hydrogen-bond donors (Lipinski definition) is 3. The number of imidazole rings is 3. The van der Waals surface area contributed by atoms with Crippen LogP contribution in [0.4, 0.5) is 0 Å². The fraction of sp³-hybridized carbons (Fsp3) is 0.550. The van der Waals surface area contributed by atoms with Crippen LogP contribution < -0.4 is 0 Å². The van der Waals surface area contributed by atoms with E-state index in [-0.39, 0.29) is 6.16 Å². The van der Waals surface area contributed by atoms with Crippen molar-refractivity contribution in [3.63, 3.8) is 0 Å². The molecule has 3 rings (SSSR count). The number of hydrogen-bond acceptors (Lipinski definition) is 6. The summed E-state index contributed by atoms with van der Waals surface area (Å²) in [6.07, 6.45) is 14.5. The molecule has 0 radical (unpaired) electrons. The molecule has 10 heteroatoms. The van der Waals surface area contributed by atoms with Crippen LogP contribution in [0.1, 0.15) is 45.2 Å². The Kier molecular flexibility index (Phi) is 13.8. The Morgan fingerprint density at radius 2 is 0.867 bits per heavy atom. The van der Waals surface area contributed by atoms with Crippen LogP contribution in [-0.2, 0) is 40.4 Å². The molecule has 3 aromatic rings. The van der Waals surface area contributed by atoms with Crippen LogP contribution in [0.25, 0.3) is 0 Å². The molecule has 0 fully saturated rings. The minimum Gasteiger partial charge on any atom is -0.338 e.